The molecule has 1 aromatic rings. The standard InChI is InChI=1S/C14H20ClN3O4/c1-7(2)12(11-4-8(3)17-22-11)14(20)18-6-9(19)5-10(18)13(15)16-21/h4,7,9-10,12,19,21H,5-6H2,1-3H3/b16-13-/t9-,10+,12?/m1/s1. The minimum absolute atomic E-state index is 0.0249. The van der Waals surface area contributed by atoms with Crippen molar-refractivity contribution in [3.8, 4) is 0 Å². The number of hydrogen-bond acceptors (Lipinski definition) is 6. The first-order chi connectivity index (χ1) is 10.3. The molecule has 2 heterocycles. The monoisotopic (exact) mass is 329 g/mol. The lowest BCUT2D eigenvalue weighted by molar-refractivity contribution is -0.134. The van der Waals surface area contributed by atoms with Crippen molar-refractivity contribution in [2.45, 2.75) is 45.3 Å². The van der Waals surface area contributed by atoms with Crippen molar-refractivity contribution in [1.82, 2.24) is 10.1 Å². The molecular weight excluding hydrogens is 310 g/mol. The van der Waals surface area contributed by atoms with E-state index in [2.05, 4.69) is 10.3 Å². The quantitative estimate of drug-likeness (QED) is 0.497. The van der Waals surface area contributed by atoms with Gasteiger partial charge in [0.2, 0.25) is 5.91 Å². The van der Waals surface area contributed by atoms with E-state index in [-0.39, 0.29) is 30.0 Å². The van der Waals surface area contributed by atoms with Crippen molar-refractivity contribution in [2.24, 2.45) is 11.1 Å². The molecule has 1 amide bonds. The minimum atomic E-state index is -0.700. The third-order valence-corrected chi connectivity index (χ3v) is 4.15. The summed E-state index contributed by atoms with van der Waals surface area (Å²) in [5, 5.41) is 25.4. The lowest BCUT2D eigenvalue weighted by Crippen LogP contribution is -2.43. The molecule has 0 aliphatic carbocycles. The molecule has 3 atom stereocenters. The summed E-state index contributed by atoms with van der Waals surface area (Å²) in [7, 11) is 0. The SMILES string of the molecule is Cc1cc(C(C(=O)N2C[C@H](O)C[C@H]2/C(Cl)=N/O)C(C)C)on1. The second kappa shape index (κ2) is 6.66. The van der Waals surface area contributed by atoms with Gasteiger partial charge in [-0.25, -0.2) is 0 Å². The van der Waals surface area contributed by atoms with Crippen LogP contribution < -0.4 is 0 Å². The average Bonchev–Trinajstić information content (AvgIpc) is 3.04. The summed E-state index contributed by atoms with van der Waals surface area (Å²) in [6.07, 6.45) is -0.455. The van der Waals surface area contributed by atoms with Gasteiger partial charge in [0.15, 0.2) is 5.17 Å². The maximum atomic E-state index is 12.9. The number of carbonyl (C=O) groups excluding carboxylic acids is 1. The van der Waals surface area contributed by atoms with Gasteiger partial charge in [-0.15, -0.1) is 0 Å². The summed E-state index contributed by atoms with van der Waals surface area (Å²) in [5.41, 5.74) is 0.696. The van der Waals surface area contributed by atoms with Crippen LogP contribution >= 0.6 is 11.6 Å². The zero-order valence-electron chi connectivity index (χ0n) is 12.7. The number of amides is 1. The van der Waals surface area contributed by atoms with Gasteiger partial charge in [0, 0.05) is 19.0 Å². The van der Waals surface area contributed by atoms with Crippen molar-refractivity contribution < 1.29 is 19.6 Å². The fourth-order valence-corrected chi connectivity index (χ4v) is 3.00. The minimum Gasteiger partial charge on any atom is -0.410 e. The molecule has 2 N–H and O–H groups in total. The van der Waals surface area contributed by atoms with Crippen molar-refractivity contribution in [3.05, 3.63) is 17.5 Å². The van der Waals surface area contributed by atoms with Crippen LogP contribution in [0.2, 0.25) is 0 Å². The van der Waals surface area contributed by atoms with Gasteiger partial charge in [-0.2, -0.15) is 0 Å². The van der Waals surface area contributed by atoms with Gasteiger partial charge in [0.05, 0.1) is 17.8 Å². The van der Waals surface area contributed by atoms with Gasteiger partial charge in [0.25, 0.3) is 0 Å². The fourth-order valence-electron chi connectivity index (χ4n) is 2.79. The second-order valence-corrected chi connectivity index (χ2v) is 6.30. The summed E-state index contributed by atoms with van der Waals surface area (Å²) in [5.74, 6) is -0.301. The van der Waals surface area contributed by atoms with E-state index in [0.717, 1.165) is 0 Å². The van der Waals surface area contributed by atoms with Gasteiger partial charge in [-0.3, -0.25) is 4.79 Å². The van der Waals surface area contributed by atoms with Gasteiger partial charge < -0.3 is 19.7 Å². The molecule has 0 bridgehead atoms. The number of aromatic nitrogens is 1. The van der Waals surface area contributed by atoms with E-state index in [9.17, 15) is 9.90 Å². The number of aliphatic hydroxyl groups is 1. The highest BCUT2D eigenvalue weighted by Crippen LogP contribution is 2.31. The molecule has 122 valence electrons. The molecule has 0 saturated carbocycles. The van der Waals surface area contributed by atoms with Gasteiger partial charge in [-0.05, 0) is 12.8 Å². The Hall–Kier alpha value is -1.60. The molecule has 1 saturated heterocycles. The number of aliphatic hydroxyl groups excluding tert-OH is 1. The Morgan fingerprint density at radius 1 is 1.59 bits per heavy atom. The summed E-state index contributed by atoms with van der Waals surface area (Å²) in [6.45, 7) is 5.74. The van der Waals surface area contributed by atoms with E-state index in [1.807, 2.05) is 13.8 Å². The number of rotatable bonds is 4. The second-order valence-electron chi connectivity index (χ2n) is 5.91. The van der Waals surface area contributed by atoms with Crippen LogP contribution in [0.4, 0.5) is 0 Å². The number of halogens is 1. The zero-order chi connectivity index (χ0) is 16.4. The smallest absolute Gasteiger partial charge is 0.234 e. The van der Waals surface area contributed by atoms with E-state index < -0.39 is 18.1 Å². The van der Waals surface area contributed by atoms with E-state index in [4.69, 9.17) is 21.3 Å². The number of β-amino-alcohol motifs (C(OH)–C–C–N with tert-alkyl or cyclic N) is 1. The van der Waals surface area contributed by atoms with E-state index >= 15 is 0 Å². The van der Waals surface area contributed by atoms with Crippen molar-refractivity contribution in [3.63, 3.8) is 0 Å². The Balaban J connectivity index is 2.30. The molecule has 0 aromatic carbocycles. The molecule has 7 nitrogen and oxygen atoms in total. The Bertz CT molecular complexity index is 572. The number of hydrogen-bond donors (Lipinski definition) is 2. The molecule has 1 unspecified atom stereocenters. The van der Waals surface area contributed by atoms with Crippen LogP contribution in [0.25, 0.3) is 0 Å². The average molecular weight is 330 g/mol. The predicted molar refractivity (Wildman–Crippen MR) is 80.0 cm³/mol. The lowest BCUT2D eigenvalue weighted by Gasteiger charge is -2.28. The lowest BCUT2D eigenvalue weighted by atomic mass is 9.91. The van der Waals surface area contributed by atoms with Gasteiger partial charge in [-0.1, -0.05) is 35.8 Å². The van der Waals surface area contributed by atoms with E-state index in [0.29, 0.717) is 11.5 Å². The molecule has 1 aliphatic rings. The molecule has 0 spiro atoms. The summed E-state index contributed by atoms with van der Waals surface area (Å²) < 4.78 is 5.24. The van der Waals surface area contributed by atoms with E-state index in [1.165, 1.54) is 4.90 Å². The maximum absolute atomic E-state index is 12.9. The first kappa shape index (κ1) is 16.8. The highest BCUT2D eigenvalue weighted by atomic mass is 35.5. The third kappa shape index (κ3) is 3.25. The van der Waals surface area contributed by atoms with E-state index in [1.54, 1.807) is 13.0 Å². The van der Waals surface area contributed by atoms with Crippen LogP contribution in [0.5, 0.6) is 0 Å². The molecule has 1 fully saturated rings. The Kier molecular flexibility index (Phi) is 5.08. The normalized spacial score (nSPS) is 24.1. The van der Waals surface area contributed by atoms with Crippen LogP contribution in [0.1, 0.15) is 37.6 Å². The maximum Gasteiger partial charge on any atom is 0.234 e. The van der Waals surface area contributed by atoms with Crippen LogP contribution in [0, 0.1) is 12.8 Å². The number of oxime groups is 1. The van der Waals surface area contributed by atoms with Crippen LogP contribution in [-0.2, 0) is 4.79 Å². The number of likely N-dealkylation sites (tertiary alicyclic amines) is 1. The predicted octanol–water partition coefficient (Wildman–Crippen LogP) is 1.71. The Labute approximate surface area is 133 Å². The number of aryl methyl sites for hydroxylation is 1. The number of carbonyl (C=O) groups is 1. The largest absolute Gasteiger partial charge is 0.410 e. The molecule has 22 heavy (non-hydrogen) atoms. The van der Waals surface area contributed by atoms with Gasteiger partial charge in [0.1, 0.15) is 11.7 Å². The van der Waals surface area contributed by atoms with Crippen LogP contribution in [-0.4, -0.2) is 50.1 Å². The third-order valence-electron chi connectivity index (χ3n) is 3.82. The van der Waals surface area contributed by atoms with Crippen LogP contribution in [0.3, 0.4) is 0 Å². The molecule has 1 aliphatic heterocycles. The topological polar surface area (TPSA) is 99.2 Å². The van der Waals surface area contributed by atoms with Crippen LogP contribution in [0.15, 0.2) is 15.7 Å². The molecule has 8 heteroatoms. The molecule has 0 radical (unpaired) electrons. The summed E-state index contributed by atoms with van der Waals surface area (Å²) in [6, 6.07) is 1.10. The Morgan fingerprint density at radius 3 is 2.77 bits per heavy atom. The first-order valence-corrected chi connectivity index (χ1v) is 7.52. The van der Waals surface area contributed by atoms with Crippen molar-refractivity contribution in [1.29, 1.82) is 0 Å². The summed E-state index contributed by atoms with van der Waals surface area (Å²) >= 11 is 5.87. The highest BCUT2D eigenvalue weighted by Gasteiger charge is 2.42. The van der Waals surface area contributed by atoms with Gasteiger partial charge >= 0.3 is 0 Å². The van der Waals surface area contributed by atoms with Crippen molar-refractivity contribution >= 4 is 22.7 Å². The highest BCUT2D eigenvalue weighted by molar-refractivity contribution is 6.66. The van der Waals surface area contributed by atoms with Crippen molar-refractivity contribution in [2.75, 3.05) is 6.54 Å². The first-order valence-electron chi connectivity index (χ1n) is 7.14. The Morgan fingerprint density at radius 2 is 2.27 bits per heavy atom. The fraction of sp³-hybridized carbons (Fsp3) is 0.643. The zero-order valence-corrected chi connectivity index (χ0v) is 13.5. The summed E-state index contributed by atoms with van der Waals surface area (Å²) in [4.78, 5) is 14.3. The molecular formula is C14H20ClN3O4. The molecule has 1 aromatic heterocycles. The number of nitrogens with zero attached hydrogens (tertiary/aromatic N) is 3. The molecule has 2 rings (SSSR count).